The maximum absolute atomic E-state index is 5.81. The summed E-state index contributed by atoms with van der Waals surface area (Å²) in [6, 6.07) is 2.09. The number of hydrogen-bond acceptors (Lipinski definition) is 4. The number of nitrogens with one attached hydrogen (secondary N) is 1. The Morgan fingerprint density at radius 1 is 1.47 bits per heavy atom. The molecule has 0 amide bonds. The summed E-state index contributed by atoms with van der Waals surface area (Å²) in [5, 5.41) is 3.38. The minimum atomic E-state index is 0.367. The number of likely N-dealkylation sites (N-methyl/N-ethyl adjacent to an activating group) is 1. The Bertz CT molecular complexity index is 377. The summed E-state index contributed by atoms with van der Waals surface area (Å²) < 4.78 is 5.81. The van der Waals surface area contributed by atoms with Gasteiger partial charge in [-0.3, -0.25) is 4.98 Å². The first-order valence-corrected chi connectivity index (χ1v) is 7.27. The average Bonchev–Trinajstić information content (AvgIpc) is 2.46. The molecule has 0 saturated carbocycles. The Labute approximate surface area is 116 Å². The number of ether oxygens (including phenoxy) is 1. The highest BCUT2D eigenvalue weighted by molar-refractivity contribution is 5.51. The summed E-state index contributed by atoms with van der Waals surface area (Å²) in [6.45, 7) is 5.86. The molecule has 1 aliphatic heterocycles. The Kier molecular flexibility index (Phi) is 5.61. The molecule has 1 fully saturated rings. The van der Waals surface area contributed by atoms with Gasteiger partial charge in [-0.1, -0.05) is 6.92 Å². The van der Waals surface area contributed by atoms with E-state index >= 15 is 0 Å². The predicted octanol–water partition coefficient (Wildman–Crippen LogP) is 2.20. The van der Waals surface area contributed by atoms with Crippen molar-refractivity contribution in [1.29, 1.82) is 0 Å². The standard InChI is InChI=1S/C15H25N3O/c1-3-16-10-13-7-8-17-11-15(13)18(2)12-14-6-4-5-9-19-14/h7-8,11,14,16H,3-6,9-10,12H2,1-2H3. The zero-order valence-corrected chi connectivity index (χ0v) is 12.1. The summed E-state index contributed by atoms with van der Waals surface area (Å²) in [6.07, 6.45) is 7.85. The van der Waals surface area contributed by atoms with E-state index < -0.39 is 0 Å². The van der Waals surface area contributed by atoms with Gasteiger partial charge in [-0.05, 0) is 37.4 Å². The van der Waals surface area contributed by atoms with Crippen molar-refractivity contribution in [3.8, 4) is 0 Å². The lowest BCUT2D eigenvalue weighted by molar-refractivity contribution is 0.0216. The zero-order valence-electron chi connectivity index (χ0n) is 12.1. The molecule has 1 atom stereocenters. The molecule has 2 rings (SSSR count). The van der Waals surface area contributed by atoms with Crippen LogP contribution in [0.3, 0.4) is 0 Å². The van der Waals surface area contributed by atoms with E-state index in [1.165, 1.54) is 30.5 Å². The van der Waals surface area contributed by atoms with Crippen LogP contribution < -0.4 is 10.2 Å². The highest BCUT2D eigenvalue weighted by Gasteiger charge is 2.17. The van der Waals surface area contributed by atoms with Gasteiger partial charge in [0.1, 0.15) is 0 Å². The van der Waals surface area contributed by atoms with E-state index in [1.54, 1.807) is 0 Å². The van der Waals surface area contributed by atoms with Gasteiger partial charge in [0, 0.05) is 32.9 Å². The Balaban J connectivity index is 1.98. The van der Waals surface area contributed by atoms with Crippen LogP contribution in [0.25, 0.3) is 0 Å². The second kappa shape index (κ2) is 7.46. The minimum absolute atomic E-state index is 0.367. The van der Waals surface area contributed by atoms with Gasteiger partial charge in [0.15, 0.2) is 0 Å². The molecule has 0 aromatic carbocycles. The van der Waals surface area contributed by atoms with Gasteiger partial charge in [-0.15, -0.1) is 0 Å². The van der Waals surface area contributed by atoms with Crippen LogP contribution in [0, 0.1) is 0 Å². The van der Waals surface area contributed by atoms with Crippen LogP contribution in [0.5, 0.6) is 0 Å². The lowest BCUT2D eigenvalue weighted by atomic mass is 10.1. The number of nitrogens with zero attached hydrogens (tertiary/aromatic N) is 2. The molecule has 1 aromatic rings. The normalized spacial score (nSPS) is 19.4. The fraction of sp³-hybridized carbons (Fsp3) is 0.667. The van der Waals surface area contributed by atoms with Crippen LogP contribution in [0.15, 0.2) is 18.5 Å². The molecule has 0 aliphatic carbocycles. The van der Waals surface area contributed by atoms with Crippen LogP contribution in [0.2, 0.25) is 0 Å². The van der Waals surface area contributed by atoms with Crippen molar-refractivity contribution in [3.05, 3.63) is 24.0 Å². The monoisotopic (exact) mass is 263 g/mol. The summed E-state index contributed by atoms with van der Waals surface area (Å²) >= 11 is 0. The molecule has 1 saturated heterocycles. The van der Waals surface area contributed by atoms with Crippen molar-refractivity contribution in [3.63, 3.8) is 0 Å². The van der Waals surface area contributed by atoms with Gasteiger partial charge in [-0.25, -0.2) is 0 Å². The third-order valence-electron chi connectivity index (χ3n) is 3.62. The van der Waals surface area contributed by atoms with E-state index in [0.717, 1.165) is 26.2 Å². The first-order chi connectivity index (χ1) is 9.31. The van der Waals surface area contributed by atoms with Gasteiger partial charge in [0.25, 0.3) is 0 Å². The van der Waals surface area contributed by atoms with Crippen LogP contribution >= 0.6 is 0 Å². The first-order valence-electron chi connectivity index (χ1n) is 7.27. The number of hydrogen-bond donors (Lipinski definition) is 1. The van der Waals surface area contributed by atoms with Crippen molar-refractivity contribution >= 4 is 5.69 Å². The second-order valence-electron chi connectivity index (χ2n) is 5.15. The molecule has 0 bridgehead atoms. The Hall–Kier alpha value is -1.13. The Morgan fingerprint density at radius 3 is 3.11 bits per heavy atom. The molecule has 19 heavy (non-hydrogen) atoms. The highest BCUT2D eigenvalue weighted by Crippen LogP contribution is 2.20. The fourth-order valence-electron chi connectivity index (χ4n) is 2.52. The van der Waals surface area contributed by atoms with Crippen LogP contribution in [-0.2, 0) is 11.3 Å². The predicted molar refractivity (Wildman–Crippen MR) is 78.5 cm³/mol. The third-order valence-corrected chi connectivity index (χ3v) is 3.62. The van der Waals surface area contributed by atoms with E-state index in [9.17, 15) is 0 Å². The van der Waals surface area contributed by atoms with E-state index in [0.29, 0.717) is 6.10 Å². The van der Waals surface area contributed by atoms with Gasteiger partial charge in [0.05, 0.1) is 18.0 Å². The van der Waals surface area contributed by atoms with E-state index in [1.807, 2.05) is 12.4 Å². The SMILES string of the molecule is CCNCc1ccncc1N(C)CC1CCCCO1. The van der Waals surface area contributed by atoms with E-state index in [2.05, 4.69) is 35.2 Å². The fourth-order valence-corrected chi connectivity index (χ4v) is 2.52. The summed E-state index contributed by atoms with van der Waals surface area (Å²) in [5.74, 6) is 0. The lowest BCUT2D eigenvalue weighted by Gasteiger charge is -2.29. The highest BCUT2D eigenvalue weighted by atomic mass is 16.5. The maximum atomic E-state index is 5.81. The molecular formula is C15H25N3O. The minimum Gasteiger partial charge on any atom is -0.376 e. The molecule has 2 heterocycles. The number of anilines is 1. The van der Waals surface area contributed by atoms with Gasteiger partial charge in [-0.2, -0.15) is 0 Å². The number of pyridine rings is 1. The van der Waals surface area contributed by atoms with Gasteiger partial charge < -0.3 is 15.0 Å². The van der Waals surface area contributed by atoms with E-state index in [4.69, 9.17) is 4.74 Å². The average molecular weight is 263 g/mol. The van der Waals surface area contributed by atoms with Crippen molar-refractivity contribution < 1.29 is 4.74 Å². The molecule has 1 N–H and O–H groups in total. The second-order valence-corrected chi connectivity index (χ2v) is 5.15. The van der Waals surface area contributed by atoms with Crippen LogP contribution in [-0.4, -0.2) is 37.8 Å². The van der Waals surface area contributed by atoms with Crippen LogP contribution in [0.4, 0.5) is 5.69 Å². The third kappa shape index (κ3) is 4.18. The van der Waals surface area contributed by atoms with E-state index in [-0.39, 0.29) is 0 Å². The largest absolute Gasteiger partial charge is 0.376 e. The molecule has 1 aromatic heterocycles. The molecule has 4 nitrogen and oxygen atoms in total. The lowest BCUT2D eigenvalue weighted by Crippen LogP contribution is -2.34. The van der Waals surface area contributed by atoms with Crippen molar-refractivity contribution in [2.24, 2.45) is 0 Å². The summed E-state index contributed by atoms with van der Waals surface area (Å²) in [7, 11) is 2.13. The van der Waals surface area contributed by atoms with Gasteiger partial charge in [0.2, 0.25) is 0 Å². The molecule has 1 aliphatic rings. The molecule has 0 spiro atoms. The first kappa shape index (κ1) is 14.3. The topological polar surface area (TPSA) is 37.4 Å². The van der Waals surface area contributed by atoms with Crippen molar-refractivity contribution in [2.45, 2.75) is 38.8 Å². The number of aromatic nitrogens is 1. The molecule has 106 valence electrons. The molecular weight excluding hydrogens is 238 g/mol. The van der Waals surface area contributed by atoms with Gasteiger partial charge >= 0.3 is 0 Å². The summed E-state index contributed by atoms with van der Waals surface area (Å²) in [4.78, 5) is 6.53. The molecule has 1 unspecified atom stereocenters. The van der Waals surface area contributed by atoms with Crippen molar-refractivity contribution in [1.82, 2.24) is 10.3 Å². The molecule has 0 radical (unpaired) electrons. The van der Waals surface area contributed by atoms with Crippen LogP contribution in [0.1, 0.15) is 31.7 Å². The number of rotatable bonds is 6. The smallest absolute Gasteiger partial charge is 0.0749 e. The quantitative estimate of drug-likeness (QED) is 0.854. The summed E-state index contributed by atoms with van der Waals surface area (Å²) in [5.41, 5.74) is 2.51. The molecule has 4 heteroatoms. The van der Waals surface area contributed by atoms with Crippen molar-refractivity contribution in [2.75, 3.05) is 31.6 Å². The maximum Gasteiger partial charge on any atom is 0.0749 e. The Morgan fingerprint density at radius 2 is 2.37 bits per heavy atom. The zero-order chi connectivity index (χ0) is 13.5.